The third kappa shape index (κ3) is 4.02. The van der Waals surface area contributed by atoms with Gasteiger partial charge in [0, 0.05) is 0 Å². The van der Waals surface area contributed by atoms with Gasteiger partial charge in [0.25, 0.3) is 0 Å². The summed E-state index contributed by atoms with van der Waals surface area (Å²) in [5.74, 6) is 0.337. The van der Waals surface area contributed by atoms with Crippen LogP contribution in [0.3, 0.4) is 0 Å². The maximum Gasteiger partial charge on any atom is 0.238 e. The maximum atomic E-state index is 11.8. The number of hydrogen-bond acceptors (Lipinski definition) is 1. The molecule has 1 aromatic rings. The number of hydrogen-bond donors (Lipinski definition) is 1. The molecule has 1 amide bonds. The Balaban J connectivity index is 2.92. The molecule has 1 rings (SSSR count). The van der Waals surface area contributed by atoms with Gasteiger partial charge in [-0.3, -0.25) is 4.79 Å². The number of halogens is 1. The molecule has 2 nitrogen and oxygen atoms in total. The first-order valence-electron chi connectivity index (χ1n) is 6.59. The molecule has 0 aliphatic heterocycles. The van der Waals surface area contributed by atoms with Crippen molar-refractivity contribution in [3.05, 3.63) is 35.9 Å². The molecule has 0 aliphatic rings. The monoisotopic (exact) mass is 267 g/mol. The smallest absolute Gasteiger partial charge is 0.238 e. The van der Waals surface area contributed by atoms with E-state index in [-0.39, 0.29) is 11.9 Å². The van der Waals surface area contributed by atoms with Gasteiger partial charge in [-0.05, 0) is 18.4 Å². The Morgan fingerprint density at radius 1 is 1.22 bits per heavy atom. The third-order valence-corrected chi connectivity index (χ3v) is 3.54. The van der Waals surface area contributed by atoms with E-state index in [1.165, 1.54) is 0 Å². The van der Waals surface area contributed by atoms with Crippen molar-refractivity contribution in [2.45, 2.75) is 45.0 Å². The lowest BCUT2D eigenvalue weighted by molar-refractivity contribution is -0.121. The number of alkyl halides is 1. The van der Waals surface area contributed by atoms with E-state index in [4.69, 9.17) is 11.6 Å². The molecule has 0 bridgehead atoms. The number of carbonyl (C=O) groups is 1. The molecule has 1 N–H and O–H groups in total. The van der Waals surface area contributed by atoms with Crippen LogP contribution in [0.15, 0.2) is 30.3 Å². The Bertz CT molecular complexity index is 360. The zero-order valence-corrected chi connectivity index (χ0v) is 12.1. The van der Waals surface area contributed by atoms with Crippen LogP contribution in [0.2, 0.25) is 0 Å². The van der Waals surface area contributed by atoms with Gasteiger partial charge in [-0.25, -0.2) is 0 Å². The zero-order chi connectivity index (χ0) is 13.5. The Morgan fingerprint density at radius 2 is 1.78 bits per heavy atom. The summed E-state index contributed by atoms with van der Waals surface area (Å²) in [6.45, 7) is 6.01. The summed E-state index contributed by atoms with van der Waals surface area (Å²) in [7, 11) is 0. The predicted octanol–water partition coefficient (Wildman–Crippen LogP) is 3.91. The van der Waals surface area contributed by atoms with Crippen LogP contribution in [0.1, 0.15) is 45.2 Å². The molecule has 18 heavy (non-hydrogen) atoms. The fourth-order valence-corrected chi connectivity index (χ4v) is 2.22. The number of carbonyl (C=O) groups excluding carboxylic acids is 1. The van der Waals surface area contributed by atoms with Gasteiger partial charge in [-0.15, -0.1) is 11.6 Å². The first-order chi connectivity index (χ1) is 8.60. The van der Waals surface area contributed by atoms with Gasteiger partial charge in [-0.2, -0.15) is 0 Å². The normalized spacial score (nSPS) is 14.3. The highest BCUT2D eigenvalue weighted by Gasteiger charge is 2.23. The highest BCUT2D eigenvalue weighted by atomic mass is 35.5. The number of amides is 1. The molecule has 2 unspecified atom stereocenters. The van der Waals surface area contributed by atoms with Crippen molar-refractivity contribution in [1.82, 2.24) is 5.32 Å². The van der Waals surface area contributed by atoms with Crippen molar-refractivity contribution in [2.75, 3.05) is 0 Å². The molecule has 0 heterocycles. The highest BCUT2D eigenvalue weighted by Crippen LogP contribution is 2.27. The minimum atomic E-state index is -0.495. The average Bonchev–Trinajstić information content (AvgIpc) is 2.39. The number of rotatable bonds is 6. The standard InChI is InChI=1S/C15H22ClNO/c1-4-12(5-2)14(17-15(18)11(3)16)13-9-7-6-8-10-13/h6-12,14H,4-5H2,1-3H3,(H,17,18). The second-order valence-corrected chi connectivity index (χ2v) is 5.24. The van der Waals surface area contributed by atoms with Gasteiger partial charge < -0.3 is 5.32 Å². The van der Waals surface area contributed by atoms with Crippen LogP contribution in [0.4, 0.5) is 0 Å². The Hall–Kier alpha value is -1.02. The molecule has 0 aliphatic carbocycles. The van der Waals surface area contributed by atoms with Crippen molar-refractivity contribution in [3.8, 4) is 0 Å². The predicted molar refractivity (Wildman–Crippen MR) is 76.7 cm³/mol. The molecule has 0 saturated carbocycles. The minimum Gasteiger partial charge on any atom is -0.348 e. The van der Waals surface area contributed by atoms with E-state index in [1.54, 1.807) is 6.92 Å². The topological polar surface area (TPSA) is 29.1 Å². The van der Waals surface area contributed by atoms with E-state index in [2.05, 4.69) is 31.3 Å². The van der Waals surface area contributed by atoms with Gasteiger partial charge in [0.2, 0.25) is 5.91 Å². The lowest BCUT2D eigenvalue weighted by atomic mass is 9.88. The van der Waals surface area contributed by atoms with Crippen LogP contribution in [0.25, 0.3) is 0 Å². The lowest BCUT2D eigenvalue weighted by Gasteiger charge is -2.27. The number of nitrogens with one attached hydrogen (secondary N) is 1. The van der Waals surface area contributed by atoms with Crippen molar-refractivity contribution in [2.24, 2.45) is 5.92 Å². The highest BCUT2D eigenvalue weighted by molar-refractivity contribution is 6.30. The van der Waals surface area contributed by atoms with E-state index in [1.807, 2.05) is 18.2 Å². The molecule has 2 atom stereocenters. The van der Waals surface area contributed by atoms with E-state index >= 15 is 0 Å². The third-order valence-electron chi connectivity index (χ3n) is 3.34. The summed E-state index contributed by atoms with van der Waals surface area (Å²) >= 11 is 5.84. The van der Waals surface area contributed by atoms with Gasteiger partial charge in [-0.1, -0.05) is 57.0 Å². The molecule has 0 fully saturated rings. The molecule has 100 valence electrons. The van der Waals surface area contributed by atoms with Crippen molar-refractivity contribution in [3.63, 3.8) is 0 Å². The molecular formula is C15H22ClNO. The van der Waals surface area contributed by atoms with E-state index in [0.29, 0.717) is 5.92 Å². The van der Waals surface area contributed by atoms with Gasteiger partial charge in [0.15, 0.2) is 0 Å². The van der Waals surface area contributed by atoms with Crippen LogP contribution >= 0.6 is 11.6 Å². The lowest BCUT2D eigenvalue weighted by Crippen LogP contribution is -2.36. The number of benzene rings is 1. The summed E-state index contributed by atoms with van der Waals surface area (Å²) in [5, 5.41) is 2.57. The van der Waals surface area contributed by atoms with E-state index < -0.39 is 5.38 Å². The molecule has 3 heteroatoms. The largest absolute Gasteiger partial charge is 0.348 e. The second kappa shape index (κ2) is 7.42. The quantitative estimate of drug-likeness (QED) is 0.778. The molecule has 0 saturated heterocycles. The average molecular weight is 268 g/mol. The molecule has 1 aromatic carbocycles. The molecule has 0 radical (unpaired) electrons. The minimum absolute atomic E-state index is 0.0508. The summed E-state index contributed by atoms with van der Waals surface area (Å²) in [6, 6.07) is 10.2. The summed E-state index contributed by atoms with van der Waals surface area (Å²) < 4.78 is 0. The van der Waals surface area contributed by atoms with Crippen LogP contribution in [0.5, 0.6) is 0 Å². The SMILES string of the molecule is CCC(CC)C(NC(=O)C(C)Cl)c1ccccc1. The summed E-state index contributed by atoms with van der Waals surface area (Å²) in [6.07, 6.45) is 2.07. The van der Waals surface area contributed by atoms with Crippen LogP contribution in [-0.4, -0.2) is 11.3 Å². The van der Waals surface area contributed by atoms with E-state index in [0.717, 1.165) is 18.4 Å². The first kappa shape index (κ1) is 15.0. The van der Waals surface area contributed by atoms with Crippen molar-refractivity contribution in [1.29, 1.82) is 0 Å². The fraction of sp³-hybridized carbons (Fsp3) is 0.533. The Labute approximate surface area is 115 Å². The first-order valence-corrected chi connectivity index (χ1v) is 7.03. The van der Waals surface area contributed by atoms with Gasteiger partial charge in [0.05, 0.1) is 6.04 Å². The second-order valence-electron chi connectivity index (χ2n) is 4.59. The summed E-state index contributed by atoms with van der Waals surface area (Å²) in [5.41, 5.74) is 1.15. The zero-order valence-electron chi connectivity index (χ0n) is 11.3. The van der Waals surface area contributed by atoms with Crippen molar-refractivity contribution >= 4 is 17.5 Å². The maximum absolute atomic E-state index is 11.8. The van der Waals surface area contributed by atoms with Crippen LogP contribution in [-0.2, 0) is 4.79 Å². The molecule has 0 spiro atoms. The van der Waals surface area contributed by atoms with Gasteiger partial charge in [0.1, 0.15) is 5.38 Å². The Morgan fingerprint density at radius 3 is 2.22 bits per heavy atom. The van der Waals surface area contributed by atoms with Crippen LogP contribution < -0.4 is 5.32 Å². The van der Waals surface area contributed by atoms with Crippen LogP contribution in [0, 0.1) is 5.92 Å². The summed E-state index contributed by atoms with van der Waals surface area (Å²) in [4.78, 5) is 11.8. The van der Waals surface area contributed by atoms with E-state index in [9.17, 15) is 4.79 Å². The van der Waals surface area contributed by atoms with Crippen molar-refractivity contribution < 1.29 is 4.79 Å². The van der Waals surface area contributed by atoms with Gasteiger partial charge >= 0.3 is 0 Å². The Kier molecular flexibility index (Phi) is 6.20. The molecular weight excluding hydrogens is 246 g/mol. The molecule has 0 aromatic heterocycles. The fourth-order valence-electron chi connectivity index (χ4n) is 2.16.